The van der Waals surface area contributed by atoms with Gasteiger partial charge in [-0.1, -0.05) is 44.2 Å². The third-order valence-electron chi connectivity index (χ3n) is 4.47. The van der Waals surface area contributed by atoms with Gasteiger partial charge in [-0.2, -0.15) is 0 Å². The molecule has 3 aromatic rings. The van der Waals surface area contributed by atoms with Crippen molar-refractivity contribution in [3.05, 3.63) is 53.6 Å². The molecule has 0 aliphatic heterocycles. The van der Waals surface area contributed by atoms with Crippen molar-refractivity contribution in [3.63, 3.8) is 0 Å². The second-order valence-electron chi connectivity index (χ2n) is 5.89. The van der Waals surface area contributed by atoms with Crippen molar-refractivity contribution in [2.75, 3.05) is 0 Å². The number of benzene rings is 3. The number of hydrogen-bond donors (Lipinski definition) is 1. The third-order valence-corrected chi connectivity index (χ3v) is 4.47. The molecule has 0 saturated heterocycles. The normalized spacial score (nSPS) is 15.2. The van der Waals surface area contributed by atoms with Crippen LogP contribution < -0.4 is 4.65 Å². The van der Waals surface area contributed by atoms with Crippen LogP contribution in [0.5, 0.6) is 5.75 Å². The molecule has 0 aromatic heterocycles. The van der Waals surface area contributed by atoms with Gasteiger partial charge in [0.15, 0.2) is 0 Å². The van der Waals surface area contributed by atoms with Crippen LogP contribution in [0, 0.1) is 0 Å². The lowest BCUT2D eigenvalue weighted by Gasteiger charge is -2.22. The molecule has 3 aromatic carbocycles. The van der Waals surface area contributed by atoms with E-state index in [0.29, 0.717) is 5.75 Å². The lowest BCUT2D eigenvalue weighted by Crippen LogP contribution is -2.15. The fourth-order valence-electron chi connectivity index (χ4n) is 3.50. The number of rotatable bonds is 2. The average Bonchev–Trinajstić information content (AvgIpc) is 2.67. The van der Waals surface area contributed by atoms with Crippen molar-refractivity contribution in [1.29, 1.82) is 0 Å². The van der Waals surface area contributed by atoms with E-state index in [1.807, 2.05) is 12.1 Å². The molecule has 1 radical (unpaired) electrons. The summed E-state index contributed by atoms with van der Waals surface area (Å²) < 4.78 is 5.18. The minimum atomic E-state index is -0.0454. The Morgan fingerprint density at radius 1 is 0.950 bits per heavy atom. The van der Waals surface area contributed by atoms with Gasteiger partial charge in [-0.15, -0.1) is 0 Å². The molecule has 0 unspecified atom stereocenters. The monoisotopic (exact) mass is 261 g/mol. The van der Waals surface area contributed by atoms with Gasteiger partial charge in [0.2, 0.25) is 0 Å². The van der Waals surface area contributed by atoms with Crippen LogP contribution in [0.4, 0.5) is 0 Å². The van der Waals surface area contributed by atoms with E-state index in [-0.39, 0.29) is 5.41 Å². The molecule has 3 heteroatoms. The van der Waals surface area contributed by atoms with Crippen LogP contribution in [0.2, 0.25) is 0 Å². The van der Waals surface area contributed by atoms with E-state index in [1.165, 1.54) is 27.3 Å². The second-order valence-corrected chi connectivity index (χ2v) is 5.89. The van der Waals surface area contributed by atoms with Gasteiger partial charge in [0.1, 0.15) is 5.75 Å². The SMILES string of the molecule is CC1(C)c2cccc3ccc4cc(O[B]O)cc1c4c23. The summed E-state index contributed by atoms with van der Waals surface area (Å²) in [6.07, 6.45) is 0. The van der Waals surface area contributed by atoms with Gasteiger partial charge in [0.05, 0.1) is 0 Å². The lowest BCUT2D eigenvalue weighted by atomic mass is 9.81. The van der Waals surface area contributed by atoms with Crippen LogP contribution in [0.3, 0.4) is 0 Å². The van der Waals surface area contributed by atoms with E-state index in [4.69, 9.17) is 9.68 Å². The van der Waals surface area contributed by atoms with Gasteiger partial charge in [-0.05, 0) is 44.8 Å². The van der Waals surface area contributed by atoms with Crippen LogP contribution in [-0.2, 0) is 5.41 Å². The summed E-state index contributed by atoms with van der Waals surface area (Å²) in [5.74, 6) is 0.676. The van der Waals surface area contributed by atoms with Crippen LogP contribution >= 0.6 is 0 Å². The zero-order chi connectivity index (χ0) is 13.9. The minimum absolute atomic E-state index is 0.0454. The molecule has 0 amide bonds. The predicted molar refractivity (Wildman–Crippen MR) is 82.2 cm³/mol. The van der Waals surface area contributed by atoms with Crippen molar-refractivity contribution >= 4 is 29.2 Å². The van der Waals surface area contributed by atoms with Gasteiger partial charge in [0, 0.05) is 5.41 Å². The quantitative estimate of drug-likeness (QED) is 0.564. The molecular formula is C17H14BO2. The smallest absolute Gasteiger partial charge is 0.537 e. The molecule has 4 rings (SSSR count). The van der Waals surface area contributed by atoms with E-state index in [0.717, 1.165) is 13.1 Å². The van der Waals surface area contributed by atoms with Gasteiger partial charge in [-0.25, -0.2) is 0 Å². The highest BCUT2D eigenvalue weighted by atomic mass is 16.5. The molecule has 2 nitrogen and oxygen atoms in total. The second kappa shape index (κ2) is 3.77. The van der Waals surface area contributed by atoms with Crippen LogP contribution in [-0.4, -0.2) is 12.7 Å². The molecule has 20 heavy (non-hydrogen) atoms. The first kappa shape index (κ1) is 11.8. The van der Waals surface area contributed by atoms with Crippen molar-refractivity contribution in [1.82, 2.24) is 0 Å². The van der Waals surface area contributed by atoms with Crippen LogP contribution in [0.1, 0.15) is 25.0 Å². The summed E-state index contributed by atoms with van der Waals surface area (Å²) >= 11 is 0. The van der Waals surface area contributed by atoms with Gasteiger partial charge < -0.3 is 9.68 Å². The Morgan fingerprint density at radius 2 is 1.70 bits per heavy atom. The Bertz CT molecular complexity index is 852. The average molecular weight is 261 g/mol. The molecule has 97 valence electrons. The molecule has 0 heterocycles. The molecular weight excluding hydrogens is 247 g/mol. The summed E-state index contributed by atoms with van der Waals surface area (Å²) in [6, 6.07) is 14.8. The predicted octanol–water partition coefficient (Wildman–Crippen LogP) is 3.54. The first-order valence-corrected chi connectivity index (χ1v) is 6.76. The fourth-order valence-corrected chi connectivity index (χ4v) is 3.50. The first-order valence-electron chi connectivity index (χ1n) is 6.76. The molecule has 0 saturated carbocycles. The Morgan fingerprint density at radius 3 is 2.50 bits per heavy atom. The van der Waals surface area contributed by atoms with E-state index >= 15 is 0 Å². The highest BCUT2D eigenvalue weighted by molar-refractivity contribution is 6.18. The van der Waals surface area contributed by atoms with E-state index < -0.39 is 0 Å². The Hall–Kier alpha value is -2.00. The van der Waals surface area contributed by atoms with Crippen molar-refractivity contribution in [2.45, 2.75) is 19.3 Å². The first-order chi connectivity index (χ1) is 9.63. The van der Waals surface area contributed by atoms with E-state index in [9.17, 15) is 0 Å². The molecule has 0 fully saturated rings. The van der Waals surface area contributed by atoms with Crippen molar-refractivity contribution in [2.24, 2.45) is 0 Å². The summed E-state index contributed by atoms with van der Waals surface area (Å²) in [7, 11) is 0.738. The molecule has 0 atom stereocenters. The summed E-state index contributed by atoms with van der Waals surface area (Å²) in [5.41, 5.74) is 2.58. The zero-order valence-corrected chi connectivity index (χ0v) is 11.5. The maximum atomic E-state index is 8.88. The molecule has 1 aliphatic carbocycles. The van der Waals surface area contributed by atoms with Crippen LogP contribution in [0.15, 0.2) is 42.5 Å². The largest absolute Gasteiger partial charge is 0.569 e. The van der Waals surface area contributed by atoms with Gasteiger partial charge in [-0.3, -0.25) is 0 Å². The van der Waals surface area contributed by atoms with Crippen molar-refractivity contribution in [3.8, 4) is 5.75 Å². The topological polar surface area (TPSA) is 29.5 Å². The summed E-state index contributed by atoms with van der Waals surface area (Å²) in [6.45, 7) is 4.48. The lowest BCUT2D eigenvalue weighted by molar-refractivity contribution is 0.453. The molecule has 1 N–H and O–H groups in total. The Kier molecular flexibility index (Phi) is 2.22. The Balaban J connectivity index is 2.20. The third kappa shape index (κ3) is 1.33. The molecule has 0 bridgehead atoms. The minimum Gasteiger partial charge on any atom is -0.537 e. The molecule has 1 aliphatic rings. The summed E-state index contributed by atoms with van der Waals surface area (Å²) in [5, 5.41) is 14.0. The van der Waals surface area contributed by atoms with Crippen molar-refractivity contribution < 1.29 is 9.68 Å². The highest BCUT2D eigenvalue weighted by Gasteiger charge is 2.34. The highest BCUT2D eigenvalue weighted by Crippen LogP contribution is 2.49. The molecule has 0 spiro atoms. The van der Waals surface area contributed by atoms with E-state index in [1.54, 1.807) is 0 Å². The standard InChI is InChI=1S/C17H14BO2/c1-17(2)13-5-3-4-10-6-7-11-8-12(20-18-19)9-14(17)16(11)15(10)13/h3-9,19H,1-2H3. The summed E-state index contributed by atoms with van der Waals surface area (Å²) in [4.78, 5) is 0. The maximum absolute atomic E-state index is 8.88. The Labute approximate surface area is 118 Å². The van der Waals surface area contributed by atoms with E-state index in [2.05, 4.69) is 44.2 Å². The zero-order valence-electron chi connectivity index (χ0n) is 11.5. The fraction of sp³-hybridized carbons (Fsp3) is 0.176. The number of hydrogen-bond acceptors (Lipinski definition) is 2. The van der Waals surface area contributed by atoms with Gasteiger partial charge in [0.25, 0.3) is 0 Å². The van der Waals surface area contributed by atoms with Gasteiger partial charge >= 0.3 is 7.69 Å². The maximum Gasteiger partial charge on any atom is 0.569 e. The van der Waals surface area contributed by atoms with Crippen LogP contribution in [0.25, 0.3) is 21.5 Å².